The van der Waals surface area contributed by atoms with Gasteiger partial charge in [-0.3, -0.25) is 5.10 Å². The van der Waals surface area contributed by atoms with Gasteiger partial charge in [-0.15, -0.1) is 16.4 Å². The average Bonchev–Trinajstić information content (AvgIpc) is 3.30. The predicted octanol–water partition coefficient (Wildman–Crippen LogP) is 5.34. The zero-order chi connectivity index (χ0) is 17.9. The summed E-state index contributed by atoms with van der Waals surface area (Å²) in [7, 11) is 0. The number of hydrogen-bond donors (Lipinski definition) is 1. The molecule has 0 saturated heterocycles. The normalized spacial score (nSPS) is 11.0. The molecule has 0 aliphatic carbocycles. The summed E-state index contributed by atoms with van der Waals surface area (Å²) in [5, 5.41) is 10.6. The summed E-state index contributed by atoms with van der Waals surface area (Å²) in [6, 6.07) is 14.9. The van der Waals surface area contributed by atoms with Gasteiger partial charge in [0, 0.05) is 16.7 Å². The number of nitrogens with one attached hydrogen (secondary N) is 1. The molecule has 2 aromatic heterocycles. The predicted molar refractivity (Wildman–Crippen MR) is 104 cm³/mol. The van der Waals surface area contributed by atoms with Gasteiger partial charge in [0.25, 0.3) is 0 Å². The van der Waals surface area contributed by atoms with Crippen LogP contribution in [0.4, 0.5) is 4.39 Å². The minimum atomic E-state index is -0.317. The quantitative estimate of drug-likeness (QED) is 0.474. The first kappa shape index (κ1) is 16.9. The maximum Gasteiger partial charge on any atom is 0.209 e. The van der Waals surface area contributed by atoms with Crippen molar-refractivity contribution in [1.82, 2.24) is 20.2 Å². The van der Waals surface area contributed by atoms with Crippen molar-refractivity contribution < 1.29 is 4.39 Å². The average molecular weight is 382 g/mol. The number of aromatic amines is 1. The molecule has 4 nitrogen and oxygen atoms in total. The number of H-pyrrole nitrogens is 1. The topological polar surface area (TPSA) is 54.5 Å². The van der Waals surface area contributed by atoms with Crippen molar-refractivity contribution in [1.29, 1.82) is 0 Å². The lowest BCUT2D eigenvalue weighted by atomic mass is 10.2. The molecular weight excluding hydrogens is 367 g/mol. The number of thiazole rings is 1. The fourth-order valence-corrected chi connectivity index (χ4v) is 4.05. The van der Waals surface area contributed by atoms with E-state index in [0.29, 0.717) is 22.3 Å². The highest BCUT2D eigenvalue weighted by Gasteiger charge is 2.11. The number of hydrogen-bond acceptors (Lipinski definition) is 5. The molecule has 0 aliphatic heterocycles. The third-order valence-corrected chi connectivity index (χ3v) is 5.61. The van der Waals surface area contributed by atoms with Crippen LogP contribution in [0, 0.1) is 12.7 Å². The third-order valence-electron chi connectivity index (χ3n) is 3.79. The molecule has 4 aromatic rings. The Morgan fingerprint density at radius 2 is 1.88 bits per heavy atom. The number of halogens is 1. The molecule has 0 bridgehead atoms. The number of thioether (sulfide) groups is 1. The molecule has 4 rings (SSSR count). The lowest BCUT2D eigenvalue weighted by molar-refractivity contribution is 0.630. The Balaban J connectivity index is 1.44. The van der Waals surface area contributed by atoms with Gasteiger partial charge in [0.05, 0.1) is 11.3 Å². The van der Waals surface area contributed by atoms with Gasteiger partial charge in [-0.25, -0.2) is 14.4 Å². The molecule has 2 aromatic carbocycles. The summed E-state index contributed by atoms with van der Waals surface area (Å²) in [5.41, 5.74) is 3.75. The van der Waals surface area contributed by atoms with E-state index in [4.69, 9.17) is 0 Å². The van der Waals surface area contributed by atoms with Crippen molar-refractivity contribution >= 4 is 23.1 Å². The van der Waals surface area contributed by atoms with E-state index >= 15 is 0 Å². The molecule has 7 heteroatoms. The third kappa shape index (κ3) is 3.68. The van der Waals surface area contributed by atoms with Crippen molar-refractivity contribution in [2.24, 2.45) is 0 Å². The molecule has 0 amide bonds. The second-order valence-corrected chi connectivity index (χ2v) is 7.55. The van der Waals surface area contributed by atoms with Crippen LogP contribution in [-0.2, 0) is 5.75 Å². The molecule has 130 valence electrons. The van der Waals surface area contributed by atoms with E-state index in [1.165, 1.54) is 23.4 Å². The zero-order valence-corrected chi connectivity index (χ0v) is 15.6. The molecule has 0 atom stereocenters. The van der Waals surface area contributed by atoms with Crippen LogP contribution in [-0.4, -0.2) is 20.2 Å². The Hall–Kier alpha value is -2.51. The molecule has 0 saturated carbocycles. The van der Waals surface area contributed by atoms with Crippen LogP contribution < -0.4 is 0 Å². The maximum atomic E-state index is 13.8. The van der Waals surface area contributed by atoms with Gasteiger partial charge in [0.2, 0.25) is 5.16 Å². The number of benzene rings is 2. The van der Waals surface area contributed by atoms with Gasteiger partial charge >= 0.3 is 0 Å². The van der Waals surface area contributed by atoms with Crippen LogP contribution in [0.5, 0.6) is 0 Å². The summed E-state index contributed by atoms with van der Waals surface area (Å²) in [4.78, 5) is 9.04. The Bertz CT molecular complexity index is 1020. The first-order chi connectivity index (χ1) is 12.7. The number of rotatable bonds is 5. The Kier molecular flexibility index (Phi) is 4.81. The molecule has 0 radical (unpaired) electrons. The fraction of sp³-hybridized carbons (Fsp3) is 0.105. The molecule has 2 heterocycles. The maximum absolute atomic E-state index is 13.8. The highest BCUT2D eigenvalue weighted by Crippen LogP contribution is 2.28. The van der Waals surface area contributed by atoms with Crippen molar-refractivity contribution in [2.75, 3.05) is 0 Å². The molecule has 0 unspecified atom stereocenters. The van der Waals surface area contributed by atoms with Crippen LogP contribution in [0.15, 0.2) is 59.1 Å². The second kappa shape index (κ2) is 7.39. The van der Waals surface area contributed by atoms with E-state index in [1.54, 1.807) is 29.5 Å². The van der Waals surface area contributed by atoms with Crippen LogP contribution in [0.1, 0.15) is 11.3 Å². The van der Waals surface area contributed by atoms with Crippen LogP contribution >= 0.6 is 23.1 Å². The van der Waals surface area contributed by atoms with Gasteiger partial charge in [0.1, 0.15) is 10.8 Å². The lowest BCUT2D eigenvalue weighted by Gasteiger charge is -1.97. The molecule has 1 N–H and O–H groups in total. The molecule has 26 heavy (non-hydrogen) atoms. The summed E-state index contributed by atoms with van der Waals surface area (Å²) in [6.45, 7) is 2.07. The first-order valence-electron chi connectivity index (χ1n) is 8.00. The Labute approximate surface area is 158 Å². The first-order valence-corrected chi connectivity index (χ1v) is 9.87. The van der Waals surface area contributed by atoms with Crippen LogP contribution in [0.2, 0.25) is 0 Å². The minimum Gasteiger partial charge on any atom is -0.258 e. The van der Waals surface area contributed by atoms with E-state index in [9.17, 15) is 4.39 Å². The largest absolute Gasteiger partial charge is 0.258 e. The summed E-state index contributed by atoms with van der Waals surface area (Å²) >= 11 is 3.10. The summed E-state index contributed by atoms with van der Waals surface area (Å²) < 4.78 is 13.8. The van der Waals surface area contributed by atoms with Gasteiger partial charge in [-0.1, -0.05) is 53.7 Å². The second-order valence-electron chi connectivity index (χ2n) is 5.75. The summed E-state index contributed by atoms with van der Waals surface area (Å²) in [5.74, 6) is 0.781. The van der Waals surface area contributed by atoms with Crippen LogP contribution in [0.3, 0.4) is 0 Å². The van der Waals surface area contributed by atoms with Gasteiger partial charge < -0.3 is 0 Å². The smallest absolute Gasteiger partial charge is 0.209 e. The highest BCUT2D eigenvalue weighted by atomic mass is 32.2. The molecular formula is C19H15FN4S2. The molecule has 0 aliphatic rings. The van der Waals surface area contributed by atoms with E-state index in [-0.39, 0.29) is 5.82 Å². The molecule has 0 fully saturated rings. The van der Waals surface area contributed by atoms with Crippen molar-refractivity contribution in [3.05, 3.63) is 71.0 Å². The minimum absolute atomic E-state index is 0.317. The van der Waals surface area contributed by atoms with Gasteiger partial charge in [-0.2, -0.15) is 0 Å². The van der Waals surface area contributed by atoms with Gasteiger partial charge in [0.15, 0.2) is 5.82 Å². The van der Waals surface area contributed by atoms with E-state index in [1.807, 2.05) is 5.38 Å². The van der Waals surface area contributed by atoms with E-state index < -0.39 is 0 Å². The van der Waals surface area contributed by atoms with Crippen molar-refractivity contribution in [3.8, 4) is 22.0 Å². The lowest BCUT2D eigenvalue weighted by Crippen LogP contribution is -1.85. The van der Waals surface area contributed by atoms with E-state index in [0.717, 1.165) is 16.3 Å². The number of nitrogens with zero attached hydrogens (tertiary/aromatic N) is 3. The highest BCUT2D eigenvalue weighted by molar-refractivity contribution is 7.98. The monoisotopic (exact) mass is 382 g/mol. The Morgan fingerprint density at radius 3 is 2.69 bits per heavy atom. The number of aromatic nitrogens is 4. The number of aryl methyl sites for hydroxylation is 1. The van der Waals surface area contributed by atoms with Gasteiger partial charge in [-0.05, 0) is 19.1 Å². The fourth-order valence-electron chi connectivity index (χ4n) is 2.43. The summed E-state index contributed by atoms with van der Waals surface area (Å²) in [6.07, 6.45) is 0. The van der Waals surface area contributed by atoms with Crippen molar-refractivity contribution in [2.45, 2.75) is 17.8 Å². The van der Waals surface area contributed by atoms with E-state index in [2.05, 4.69) is 51.4 Å². The van der Waals surface area contributed by atoms with Crippen molar-refractivity contribution in [3.63, 3.8) is 0 Å². The molecule has 0 spiro atoms. The Morgan fingerprint density at radius 1 is 1.08 bits per heavy atom. The van der Waals surface area contributed by atoms with Crippen LogP contribution in [0.25, 0.3) is 22.0 Å². The SMILES string of the molecule is Cc1ccc(-c2nc(CSc3n[nH]c(-c4ccccc4F)n3)cs2)cc1. The standard InChI is InChI=1S/C19H15FN4S2/c1-12-6-8-13(9-7-12)18-21-14(10-25-18)11-26-19-22-17(23-24-19)15-4-2-3-5-16(15)20/h2-10H,11H2,1H3,(H,22,23,24). The zero-order valence-electron chi connectivity index (χ0n) is 13.9.